The predicted octanol–water partition coefficient (Wildman–Crippen LogP) is 3.11. The van der Waals surface area contributed by atoms with Crippen LogP contribution >= 0.6 is 0 Å². The fourth-order valence-corrected chi connectivity index (χ4v) is 6.66. The van der Waals surface area contributed by atoms with Crippen molar-refractivity contribution in [3.63, 3.8) is 0 Å². The molecule has 0 atom stereocenters. The molecule has 1 fully saturated rings. The van der Waals surface area contributed by atoms with Crippen molar-refractivity contribution in [3.05, 3.63) is 65.9 Å². The van der Waals surface area contributed by atoms with E-state index in [1.54, 1.807) is 36.2 Å². The average molecular weight is 450 g/mol. The van der Waals surface area contributed by atoms with Gasteiger partial charge in [0.25, 0.3) is 5.91 Å². The first-order valence-electron chi connectivity index (χ1n) is 10.4. The molecule has 164 valence electrons. The van der Waals surface area contributed by atoms with Crippen LogP contribution < -0.4 is 10.2 Å². The van der Waals surface area contributed by atoms with Gasteiger partial charge in [-0.25, -0.2) is 8.42 Å². The molecule has 5 rings (SSSR count). The Hall–Kier alpha value is -3.26. The third-order valence-corrected chi connectivity index (χ3v) is 8.39. The lowest BCUT2D eigenvalue weighted by atomic mass is 9.85. The van der Waals surface area contributed by atoms with Crippen LogP contribution in [-0.4, -0.2) is 42.3 Å². The summed E-state index contributed by atoms with van der Waals surface area (Å²) in [6, 6.07) is 14.8. The molecule has 8 heteroatoms. The Bertz CT molecular complexity index is 1400. The van der Waals surface area contributed by atoms with E-state index in [1.165, 1.54) is 0 Å². The summed E-state index contributed by atoms with van der Waals surface area (Å²) in [5.41, 5.74) is 1.78. The molecule has 3 aromatic rings. The second-order valence-corrected chi connectivity index (χ2v) is 11.5. The Labute approximate surface area is 186 Å². The van der Waals surface area contributed by atoms with Gasteiger partial charge in [-0.15, -0.1) is 0 Å². The third-order valence-electron chi connectivity index (χ3n) is 6.24. The van der Waals surface area contributed by atoms with Gasteiger partial charge in [0, 0.05) is 10.9 Å². The Balaban J connectivity index is 1.51. The van der Waals surface area contributed by atoms with Crippen molar-refractivity contribution in [2.24, 2.45) is 0 Å². The van der Waals surface area contributed by atoms with E-state index < -0.39 is 20.8 Å². The number of nitrogens with zero attached hydrogens (tertiary/aromatic N) is 2. The molecule has 2 aliphatic heterocycles. The summed E-state index contributed by atoms with van der Waals surface area (Å²) in [5, 5.41) is 3.76. The summed E-state index contributed by atoms with van der Waals surface area (Å²) in [4.78, 5) is 32.4. The van der Waals surface area contributed by atoms with E-state index in [4.69, 9.17) is 0 Å². The molecule has 7 nitrogen and oxygen atoms in total. The predicted molar refractivity (Wildman–Crippen MR) is 123 cm³/mol. The van der Waals surface area contributed by atoms with Gasteiger partial charge in [0.2, 0.25) is 5.91 Å². The highest BCUT2D eigenvalue weighted by molar-refractivity contribution is 7.93. The van der Waals surface area contributed by atoms with Gasteiger partial charge >= 0.3 is 0 Å². The molecule has 0 aliphatic carbocycles. The number of carbonyl (C=O) groups excluding carboxylic acids is 2. The highest BCUT2D eigenvalue weighted by Gasteiger charge is 2.47. The first-order chi connectivity index (χ1) is 15.0. The minimum atomic E-state index is -3.08. The SMILES string of the molecule is CC1(NC(=O)c2ccc3c(c2)C(C)(C)C(=O)N3c2cnc3ccccc3c2)CS(=O)(=O)C1. The Morgan fingerprint density at radius 2 is 1.78 bits per heavy atom. The van der Waals surface area contributed by atoms with Crippen LogP contribution in [0, 0.1) is 0 Å². The van der Waals surface area contributed by atoms with Crippen LogP contribution in [0.15, 0.2) is 54.7 Å². The molecule has 3 heterocycles. The van der Waals surface area contributed by atoms with Gasteiger partial charge in [-0.05, 0) is 56.7 Å². The van der Waals surface area contributed by atoms with Crippen LogP contribution in [0.5, 0.6) is 0 Å². The summed E-state index contributed by atoms with van der Waals surface area (Å²) >= 11 is 0. The second kappa shape index (κ2) is 6.62. The van der Waals surface area contributed by atoms with Crippen molar-refractivity contribution in [3.8, 4) is 0 Å². The van der Waals surface area contributed by atoms with Crippen LogP contribution in [0.3, 0.4) is 0 Å². The fourth-order valence-electron chi connectivity index (χ4n) is 4.66. The third kappa shape index (κ3) is 3.17. The van der Waals surface area contributed by atoms with Crippen molar-refractivity contribution in [1.29, 1.82) is 0 Å². The average Bonchev–Trinajstić information content (AvgIpc) is 2.91. The maximum Gasteiger partial charge on any atom is 0.251 e. The second-order valence-electron chi connectivity index (χ2n) is 9.43. The summed E-state index contributed by atoms with van der Waals surface area (Å²) in [5.74, 6) is -0.578. The number of rotatable bonds is 3. The minimum Gasteiger partial charge on any atom is -0.345 e. The lowest BCUT2D eigenvalue weighted by Crippen LogP contribution is -2.63. The van der Waals surface area contributed by atoms with Crippen molar-refractivity contribution < 1.29 is 18.0 Å². The van der Waals surface area contributed by atoms with E-state index in [1.807, 2.05) is 44.2 Å². The molecule has 1 saturated heterocycles. The molecular weight excluding hydrogens is 426 g/mol. The largest absolute Gasteiger partial charge is 0.345 e. The normalized spacial score (nSPS) is 20.0. The smallest absolute Gasteiger partial charge is 0.251 e. The molecule has 0 unspecified atom stereocenters. The summed E-state index contributed by atoms with van der Waals surface area (Å²) in [7, 11) is -3.08. The summed E-state index contributed by atoms with van der Waals surface area (Å²) < 4.78 is 23.1. The number of para-hydroxylation sites is 1. The monoisotopic (exact) mass is 449 g/mol. The number of nitrogens with one attached hydrogen (secondary N) is 1. The summed E-state index contributed by atoms with van der Waals surface area (Å²) in [6.07, 6.45) is 1.68. The maximum absolute atomic E-state index is 13.4. The number of hydrogen-bond acceptors (Lipinski definition) is 5. The number of pyridine rings is 1. The van der Waals surface area contributed by atoms with Gasteiger partial charge in [-0.2, -0.15) is 0 Å². The van der Waals surface area contributed by atoms with Crippen molar-refractivity contribution in [2.45, 2.75) is 31.7 Å². The van der Waals surface area contributed by atoms with E-state index in [0.717, 1.165) is 16.5 Å². The minimum absolute atomic E-state index is 0.0661. The summed E-state index contributed by atoms with van der Waals surface area (Å²) in [6.45, 7) is 5.40. The molecule has 2 aliphatic rings. The van der Waals surface area contributed by atoms with Gasteiger partial charge < -0.3 is 5.32 Å². The van der Waals surface area contributed by atoms with Crippen molar-refractivity contribution in [1.82, 2.24) is 10.3 Å². The lowest BCUT2D eigenvalue weighted by Gasteiger charge is -2.38. The number of benzene rings is 2. The van der Waals surface area contributed by atoms with Crippen LogP contribution in [-0.2, 0) is 20.0 Å². The molecule has 0 radical (unpaired) electrons. The quantitative estimate of drug-likeness (QED) is 0.663. The van der Waals surface area contributed by atoms with Gasteiger partial charge in [0.05, 0.1) is 45.5 Å². The highest BCUT2D eigenvalue weighted by atomic mass is 32.2. The molecule has 0 bridgehead atoms. The Kier molecular flexibility index (Phi) is 4.27. The number of aromatic nitrogens is 1. The molecule has 32 heavy (non-hydrogen) atoms. The van der Waals surface area contributed by atoms with Crippen molar-refractivity contribution in [2.75, 3.05) is 16.4 Å². The number of anilines is 2. The van der Waals surface area contributed by atoms with Gasteiger partial charge in [0.1, 0.15) is 0 Å². The van der Waals surface area contributed by atoms with Gasteiger partial charge in [0.15, 0.2) is 9.84 Å². The fraction of sp³-hybridized carbons (Fsp3) is 0.292. The van der Waals surface area contributed by atoms with E-state index in [0.29, 0.717) is 16.9 Å². The number of carbonyl (C=O) groups is 2. The standard InChI is InChI=1S/C24H23N3O4S/c1-23(2)18-11-16(21(28)26-24(3)13-32(30,31)14-24)8-9-20(18)27(22(23)29)17-10-15-6-4-5-7-19(15)25-12-17/h4-12H,13-14H2,1-3H3,(H,26,28). The number of fused-ring (bicyclic) bond motifs is 2. The lowest BCUT2D eigenvalue weighted by molar-refractivity contribution is -0.121. The van der Waals surface area contributed by atoms with Crippen molar-refractivity contribution >= 4 is 43.9 Å². The van der Waals surface area contributed by atoms with E-state index in [9.17, 15) is 18.0 Å². The molecule has 1 N–H and O–H groups in total. The zero-order chi connectivity index (χ0) is 22.9. The maximum atomic E-state index is 13.4. The number of amides is 2. The zero-order valence-electron chi connectivity index (χ0n) is 18.0. The molecule has 2 aromatic carbocycles. The molecule has 1 aromatic heterocycles. The number of sulfone groups is 1. The van der Waals surface area contributed by atoms with Crippen LogP contribution in [0.25, 0.3) is 10.9 Å². The van der Waals surface area contributed by atoms with Crippen LogP contribution in [0.2, 0.25) is 0 Å². The first-order valence-corrected chi connectivity index (χ1v) is 12.2. The first kappa shape index (κ1) is 20.6. The van der Waals surface area contributed by atoms with Gasteiger partial charge in [-0.1, -0.05) is 18.2 Å². The molecule has 2 amide bonds. The topological polar surface area (TPSA) is 96.4 Å². The zero-order valence-corrected chi connectivity index (χ0v) is 18.9. The Morgan fingerprint density at radius 3 is 2.50 bits per heavy atom. The number of hydrogen-bond donors (Lipinski definition) is 1. The van der Waals surface area contributed by atoms with Gasteiger partial charge in [-0.3, -0.25) is 19.5 Å². The van der Waals surface area contributed by atoms with E-state index in [-0.39, 0.29) is 23.3 Å². The highest BCUT2D eigenvalue weighted by Crippen LogP contribution is 2.46. The Morgan fingerprint density at radius 1 is 1.06 bits per heavy atom. The molecular formula is C24H23N3O4S. The van der Waals surface area contributed by atoms with E-state index in [2.05, 4.69) is 10.3 Å². The van der Waals surface area contributed by atoms with Crippen LogP contribution in [0.4, 0.5) is 11.4 Å². The molecule has 0 spiro atoms. The molecule has 0 saturated carbocycles. The van der Waals surface area contributed by atoms with Crippen LogP contribution in [0.1, 0.15) is 36.7 Å². The van der Waals surface area contributed by atoms with E-state index >= 15 is 0 Å².